The summed E-state index contributed by atoms with van der Waals surface area (Å²) < 4.78 is 6.63. The van der Waals surface area contributed by atoms with Crippen molar-refractivity contribution in [3.63, 3.8) is 0 Å². The van der Waals surface area contributed by atoms with Gasteiger partial charge in [0.2, 0.25) is 5.88 Å². The molecule has 3 rings (SSSR count). The maximum absolute atomic E-state index is 5.30. The Morgan fingerprint density at radius 1 is 1.19 bits per heavy atom. The normalized spacial score (nSPS) is 12.3. The highest BCUT2D eigenvalue weighted by molar-refractivity contribution is 7.19. The largest absolute Gasteiger partial charge is 0.480 e. The van der Waals surface area contributed by atoms with Crippen LogP contribution in [0.2, 0.25) is 0 Å². The Bertz CT molecular complexity index is 766. The second-order valence-electron chi connectivity index (χ2n) is 5.01. The molecule has 1 aromatic carbocycles. The zero-order chi connectivity index (χ0) is 14.8. The first-order valence-corrected chi connectivity index (χ1v) is 7.76. The second kappa shape index (κ2) is 5.74. The molecule has 1 unspecified atom stereocenters. The van der Waals surface area contributed by atoms with Gasteiger partial charge in [0.1, 0.15) is 0 Å². The van der Waals surface area contributed by atoms with Crippen molar-refractivity contribution in [1.82, 2.24) is 4.98 Å². The lowest BCUT2D eigenvalue weighted by molar-refractivity contribution is 0.399. The van der Waals surface area contributed by atoms with E-state index in [0.717, 1.165) is 5.69 Å². The molecule has 0 radical (unpaired) electrons. The van der Waals surface area contributed by atoms with Crippen molar-refractivity contribution >= 4 is 27.1 Å². The summed E-state index contributed by atoms with van der Waals surface area (Å²) in [5.41, 5.74) is 2.27. The molecule has 3 nitrogen and oxygen atoms in total. The van der Waals surface area contributed by atoms with Gasteiger partial charge >= 0.3 is 0 Å². The maximum atomic E-state index is 5.30. The monoisotopic (exact) mass is 298 g/mol. The van der Waals surface area contributed by atoms with E-state index < -0.39 is 0 Å². The average molecular weight is 298 g/mol. The smallest absolute Gasteiger partial charge is 0.237 e. The quantitative estimate of drug-likeness (QED) is 0.752. The van der Waals surface area contributed by atoms with Crippen LogP contribution in [0.4, 0.5) is 5.69 Å². The van der Waals surface area contributed by atoms with Crippen LogP contribution in [0, 0.1) is 6.92 Å². The Morgan fingerprint density at radius 3 is 2.76 bits per heavy atom. The van der Waals surface area contributed by atoms with Gasteiger partial charge in [0.15, 0.2) is 0 Å². The molecular weight excluding hydrogens is 280 g/mol. The number of methoxy groups -OCH3 is 1. The number of nitrogens with one attached hydrogen (secondary N) is 1. The van der Waals surface area contributed by atoms with Crippen molar-refractivity contribution in [2.75, 3.05) is 12.4 Å². The molecule has 21 heavy (non-hydrogen) atoms. The lowest BCUT2D eigenvalue weighted by Crippen LogP contribution is -2.07. The highest BCUT2D eigenvalue weighted by atomic mass is 32.1. The van der Waals surface area contributed by atoms with E-state index in [1.54, 1.807) is 13.3 Å². The number of fused-ring (bicyclic) bond motifs is 1. The van der Waals surface area contributed by atoms with Gasteiger partial charge in [0.05, 0.1) is 18.8 Å². The Hall–Kier alpha value is -2.07. The van der Waals surface area contributed by atoms with Crippen molar-refractivity contribution in [2.45, 2.75) is 19.9 Å². The fraction of sp³-hybridized carbons (Fsp3) is 0.235. The lowest BCUT2D eigenvalue weighted by Gasteiger charge is -2.16. The van der Waals surface area contributed by atoms with Gasteiger partial charge in [-0.3, -0.25) is 0 Å². The summed E-state index contributed by atoms with van der Waals surface area (Å²) in [4.78, 5) is 5.58. The molecule has 1 N–H and O–H groups in total. The molecule has 0 aliphatic rings. The number of hydrogen-bond donors (Lipinski definition) is 1. The van der Waals surface area contributed by atoms with Gasteiger partial charge in [0.25, 0.3) is 0 Å². The average Bonchev–Trinajstić information content (AvgIpc) is 2.85. The van der Waals surface area contributed by atoms with Gasteiger partial charge < -0.3 is 10.1 Å². The van der Waals surface area contributed by atoms with E-state index in [2.05, 4.69) is 48.4 Å². The van der Waals surface area contributed by atoms with Crippen molar-refractivity contribution in [1.29, 1.82) is 0 Å². The Morgan fingerprint density at radius 2 is 2.00 bits per heavy atom. The molecule has 0 bridgehead atoms. The highest BCUT2D eigenvalue weighted by Gasteiger charge is 2.15. The molecular formula is C17H18N2OS. The summed E-state index contributed by atoms with van der Waals surface area (Å²) in [6, 6.07) is 12.6. The Labute approximate surface area is 128 Å². The SMILES string of the molecule is COc1ncccc1NC(C)c1sc2ccccc2c1C. The number of anilines is 1. The second-order valence-corrected chi connectivity index (χ2v) is 6.10. The Kier molecular flexibility index (Phi) is 3.80. The van der Waals surface area contributed by atoms with Crippen molar-refractivity contribution in [2.24, 2.45) is 0 Å². The molecule has 0 spiro atoms. The number of aryl methyl sites for hydroxylation is 1. The van der Waals surface area contributed by atoms with Gasteiger partial charge in [-0.05, 0) is 43.0 Å². The summed E-state index contributed by atoms with van der Waals surface area (Å²) in [5.74, 6) is 0.628. The molecule has 0 saturated carbocycles. The van der Waals surface area contributed by atoms with Crippen LogP contribution in [0.5, 0.6) is 5.88 Å². The van der Waals surface area contributed by atoms with Crippen LogP contribution in [-0.4, -0.2) is 12.1 Å². The molecule has 1 atom stereocenters. The molecule has 2 heterocycles. The predicted molar refractivity (Wildman–Crippen MR) is 89.4 cm³/mol. The number of aromatic nitrogens is 1. The van der Waals surface area contributed by atoms with Crippen molar-refractivity contribution < 1.29 is 4.74 Å². The van der Waals surface area contributed by atoms with E-state index in [1.807, 2.05) is 23.5 Å². The van der Waals surface area contributed by atoms with Crippen LogP contribution in [-0.2, 0) is 0 Å². The molecule has 0 saturated heterocycles. The zero-order valence-electron chi connectivity index (χ0n) is 12.4. The third-order valence-corrected chi connectivity index (χ3v) is 5.07. The van der Waals surface area contributed by atoms with Gasteiger partial charge in [0, 0.05) is 15.8 Å². The molecule has 0 aliphatic carbocycles. The molecule has 0 aliphatic heterocycles. The van der Waals surface area contributed by atoms with Crippen LogP contribution in [0.25, 0.3) is 10.1 Å². The first-order chi connectivity index (χ1) is 10.2. The van der Waals surface area contributed by atoms with E-state index >= 15 is 0 Å². The predicted octanol–water partition coefficient (Wildman–Crippen LogP) is 4.79. The van der Waals surface area contributed by atoms with E-state index in [4.69, 9.17) is 4.74 Å². The minimum absolute atomic E-state index is 0.209. The van der Waals surface area contributed by atoms with Gasteiger partial charge in [-0.15, -0.1) is 11.3 Å². The third-order valence-electron chi connectivity index (χ3n) is 3.61. The van der Waals surface area contributed by atoms with E-state index in [0.29, 0.717) is 5.88 Å². The Balaban J connectivity index is 1.93. The standard InChI is InChI=1S/C17H18N2OS/c1-11-13-7-4-5-9-15(13)21-16(11)12(2)19-14-8-6-10-18-17(14)20-3/h4-10,12,19H,1-3H3. The molecule has 108 valence electrons. The number of ether oxygens (including phenoxy) is 1. The van der Waals surface area contributed by atoms with Crippen LogP contribution in [0.1, 0.15) is 23.4 Å². The number of rotatable bonds is 4. The molecule has 2 aromatic heterocycles. The minimum Gasteiger partial charge on any atom is -0.480 e. The summed E-state index contributed by atoms with van der Waals surface area (Å²) in [5, 5.41) is 4.84. The first kappa shape index (κ1) is 13.9. The highest BCUT2D eigenvalue weighted by Crippen LogP contribution is 2.36. The number of benzene rings is 1. The fourth-order valence-electron chi connectivity index (χ4n) is 2.57. The minimum atomic E-state index is 0.209. The number of hydrogen-bond acceptors (Lipinski definition) is 4. The molecule has 3 aromatic rings. The lowest BCUT2D eigenvalue weighted by atomic mass is 10.1. The number of pyridine rings is 1. The first-order valence-electron chi connectivity index (χ1n) is 6.94. The number of nitrogens with zero attached hydrogens (tertiary/aromatic N) is 1. The van der Waals surface area contributed by atoms with Crippen LogP contribution in [0.15, 0.2) is 42.6 Å². The zero-order valence-corrected chi connectivity index (χ0v) is 13.2. The summed E-state index contributed by atoms with van der Waals surface area (Å²) in [6.07, 6.45) is 1.74. The van der Waals surface area contributed by atoms with E-state index in [-0.39, 0.29) is 6.04 Å². The molecule has 0 amide bonds. The topological polar surface area (TPSA) is 34.1 Å². The van der Waals surface area contributed by atoms with Crippen molar-refractivity contribution in [3.8, 4) is 5.88 Å². The summed E-state index contributed by atoms with van der Waals surface area (Å²) >= 11 is 1.84. The molecule has 4 heteroatoms. The fourth-order valence-corrected chi connectivity index (χ4v) is 3.78. The third kappa shape index (κ3) is 2.59. The van der Waals surface area contributed by atoms with Crippen LogP contribution < -0.4 is 10.1 Å². The van der Waals surface area contributed by atoms with Crippen LogP contribution >= 0.6 is 11.3 Å². The summed E-state index contributed by atoms with van der Waals surface area (Å²) in [6.45, 7) is 4.36. The summed E-state index contributed by atoms with van der Waals surface area (Å²) in [7, 11) is 1.64. The molecule has 0 fully saturated rings. The number of thiophene rings is 1. The van der Waals surface area contributed by atoms with E-state index in [1.165, 1.54) is 20.5 Å². The maximum Gasteiger partial charge on any atom is 0.237 e. The van der Waals surface area contributed by atoms with Crippen LogP contribution in [0.3, 0.4) is 0 Å². The van der Waals surface area contributed by atoms with Gasteiger partial charge in [-0.2, -0.15) is 0 Å². The van der Waals surface area contributed by atoms with E-state index in [9.17, 15) is 0 Å². The van der Waals surface area contributed by atoms with Gasteiger partial charge in [-0.25, -0.2) is 4.98 Å². The van der Waals surface area contributed by atoms with Crippen molar-refractivity contribution in [3.05, 3.63) is 53.0 Å². The van der Waals surface area contributed by atoms with Gasteiger partial charge in [-0.1, -0.05) is 18.2 Å².